The lowest BCUT2D eigenvalue weighted by Crippen LogP contribution is -2.66. The summed E-state index contributed by atoms with van der Waals surface area (Å²) in [6.45, 7) is 5.59. The highest BCUT2D eigenvalue weighted by atomic mass is 35.5. The van der Waals surface area contributed by atoms with Crippen molar-refractivity contribution in [1.29, 1.82) is 0 Å². The molecule has 19 atom stereocenters. The Labute approximate surface area is 609 Å². The van der Waals surface area contributed by atoms with Gasteiger partial charge < -0.3 is 123 Å². The number of halogens is 2. The zero-order valence-corrected chi connectivity index (χ0v) is 58.3. The first kappa shape index (κ1) is 78.0. The van der Waals surface area contributed by atoms with E-state index in [0.29, 0.717) is 0 Å². The van der Waals surface area contributed by atoms with Crippen LogP contribution in [0.15, 0.2) is 90.2 Å². The molecule has 4 aromatic rings. The van der Waals surface area contributed by atoms with Crippen molar-refractivity contribution in [1.82, 2.24) is 42.5 Å². The summed E-state index contributed by atoms with van der Waals surface area (Å²) in [5.41, 5.74) is 2.66. The maximum Gasteiger partial charge on any atom is 0.330 e. The standard InChI is InChI=1S/C69H78BCl2N9O24/c1-7-14-70-68(99)81-69(5)24-47(100-27(4)59(69)90)104-58-56(89)55(88)45(25-82)103-67(58)105-57-43-19-31-20-44(57)102-42-13-10-30(18-37(42)72)54(87)52-65(96)78-50(66(97)98)35-22-32(83)21-33(35)34-16-28(8-11-40(34)84)48(62(93)80-52)77-63(94)49(31)76-61(92)39(23-46(73)85)75-64(95)51(79-60(91)38(74-6)15-26(2)3)53(86)29-9-12-41(101-43)36(71)17-29/h1,8-13,16-22,26-27,33,38-39,45,47-56,58-59,67,70,74,82-84,86-90H,14-15,23-25H2,2-6H3,(H2,73,85)(H,75,95)(H,76,92)(H,77,94)(H,78,96)(H,79,91)(H,80,93)(H,81,99)(H,97,98)/t27-,33?,38+,39-,45+,47-,48+,49+,50-,51+,52-,53+,54+,55+,56-,58+,59+,67-,69-/m0/s1. The molecule has 2 saturated heterocycles. The second-order valence-electron chi connectivity index (χ2n) is 26.7. The Morgan fingerprint density at radius 1 is 0.781 bits per heavy atom. The number of terminal acetylenes is 1. The Balaban J connectivity index is 1.21. The minimum atomic E-state index is -2.33. The van der Waals surface area contributed by atoms with Crippen molar-refractivity contribution < 1.29 is 118 Å². The van der Waals surface area contributed by atoms with Crippen LogP contribution < -0.4 is 62.5 Å². The molecular weight excluding hydrogens is 1420 g/mol. The number of likely N-dealkylation sites (N-methyl/N-ethyl adjacent to an activating group) is 1. The highest BCUT2D eigenvalue weighted by Gasteiger charge is 2.53. The van der Waals surface area contributed by atoms with Crippen LogP contribution in [0.2, 0.25) is 16.4 Å². The molecule has 0 radical (unpaired) electrons. The van der Waals surface area contributed by atoms with E-state index in [2.05, 4.69) is 48.5 Å². The number of phenolic OH excluding ortho intramolecular Hbond substituents is 1. The molecule has 19 N–H and O–H groups in total. The van der Waals surface area contributed by atoms with Crippen LogP contribution in [-0.4, -0.2) is 205 Å². The van der Waals surface area contributed by atoms with Gasteiger partial charge in [-0.1, -0.05) is 55.2 Å². The van der Waals surface area contributed by atoms with E-state index in [0.717, 1.165) is 66.7 Å². The number of phenols is 1. The number of nitrogens with two attached hydrogens (primary N) is 1. The van der Waals surface area contributed by atoms with Crippen molar-refractivity contribution in [3.05, 3.63) is 128 Å². The molecule has 8 amide bonds. The van der Waals surface area contributed by atoms with Crippen LogP contribution in [-0.2, 0) is 52.6 Å². The van der Waals surface area contributed by atoms with Crippen molar-refractivity contribution in [2.75, 3.05) is 13.7 Å². The average Bonchev–Trinajstić information content (AvgIpc) is 1.76. The number of allylic oxidation sites excluding steroid dienone is 2. The van der Waals surface area contributed by atoms with Crippen LogP contribution in [0.25, 0.3) is 0 Å². The van der Waals surface area contributed by atoms with Gasteiger partial charge in [-0.2, -0.15) is 0 Å². The third-order valence-corrected chi connectivity index (χ3v) is 19.2. The molecule has 1 unspecified atom stereocenters. The molecule has 11 bridgehead atoms. The third-order valence-electron chi connectivity index (χ3n) is 18.7. The second kappa shape index (κ2) is 32.4. The fourth-order valence-corrected chi connectivity index (χ4v) is 13.6. The van der Waals surface area contributed by atoms with Gasteiger partial charge in [0.05, 0.1) is 40.8 Å². The fraction of sp³-hybridized carbons (Fsp3) is 0.435. The number of fused-ring (bicyclic) bond motifs is 15. The van der Waals surface area contributed by atoms with E-state index < -0.39 is 226 Å². The molecular formula is C69H78BCl2N9O24. The van der Waals surface area contributed by atoms with E-state index in [1.165, 1.54) is 33.0 Å². The van der Waals surface area contributed by atoms with Gasteiger partial charge in [0.25, 0.3) is 0 Å². The fourth-order valence-electron chi connectivity index (χ4n) is 13.2. The highest BCUT2D eigenvalue weighted by Crippen LogP contribution is 2.49. The molecule has 0 saturated carbocycles. The van der Waals surface area contributed by atoms with Crippen LogP contribution in [0, 0.1) is 18.3 Å². The first-order valence-corrected chi connectivity index (χ1v) is 33.9. The number of primary amides is 1. The number of aliphatic hydroxyl groups is 7. The molecule has 12 rings (SSSR count). The molecule has 36 heteroatoms. The minimum Gasteiger partial charge on any atom is -0.508 e. The van der Waals surface area contributed by atoms with Gasteiger partial charge in [-0.05, 0) is 128 Å². The molecule has 0 aromatic heterocycles. The maximum absolute atomic E-state index is 16.1. The normalized spacial score (nSPS) is 30.0. The number of carbonyl (C=O) groups excluding carboxylic acids is 8. The first-order valence-electron chi connectivity index (χ1n) is 33.2. The van der Waals surface area contributed by atoms with Crippen molar-refractivity contribution in [3.63, 3.8) is 0 Å². The highest BCUT2D eigenvalue weighted by molar-refractivity contribution is 6.74. The predicted molar refractivity (Wildman–Crippen MR) is 368 cm³/mol. The van der Waals surface area contributed by atoms with Crippen molar-refractivity contribution >= 4 is 83.6 Å². The van der Waals surface area contributed by atoms with Crippen molar-refractivity contribution in [2.24, 2.45) is 11.7 Å². The maximum atomic E-state index is 16.1. The number of carboxylic acids is 1. The number of ether oxygens (including phenoxy) is 6. The van der Waals surface area contributed by atoms with Gasteiger partial charge in [0, 0.05) is 17.9 Å². The molecule has 4 aromatic carbocycles. The van der Waals surface area contributed by atoms with Gasteiger partial charge in [-0.15, -0.1) is 12.3 Å². The van der Waals surface area contributed by atoms with Gasteiger partial charge >= 0.3 is 5.97 Å². The molecule has 1 aliphatic carbocycles. The zero-order chi connectivity index (χ0) is 76.4. The summed E-state index contributed by atoms with van der Waals surface area (Å²) in [6, 6.07) is -1.56. The number of benzene rings is 4. The van der Waals surface area contributed by atoms with Crippen LogP contribution in [0.1, 0.15) is 105 Å². The summed E-state index contributed by atoms with van der Waals surface area (Å²) >= 11 is 14.2. The summed E-state index contributed by atoms with van der Waals surface area (Å²) in [4.78, 5) is 130. The number of hydrogen-bond acceptors (Lipinski definition) is 24. The number of rotatable bonds is 16. The topological polar surface area (TPSA) is 513 Å². The Kier molecular flexibility index (Phi) is 24.1. The molecule has 0 spiro atoms. The van der Waals surface area contributed by atoms with E-state index in [1.807, 2.05) is 13.8 Å². The molecule has 8 aliphatic rings. The SMILES string of the molecule is C#CCBC(=O)N[C@@]1(C)C[C@H](O[C@H]2[C@H](Oc3c4cc5cc3Oc3ccc(cc3Cl)[C@@H](O)[C@@H](NC(=O)[C@@H](CC(C)C)NC)C(=O)N[C@@H](CC(N)=O)C(=O)N[C@H]5C(=O)N[C@H]3C(=O)N[C@H](C(=O)N[C@H](C(=O)O)C5=CC(O)=CC5c5cc3ccc5O)[C@H](O)c3ccc(c(Cl)c3)O4)O[C@H](CO)[C@@H](O)[C@@H]2O)O[C@@H](C)[C@H]1O. The van der Waals surface area contributed by atoms with Gasteiger partial charge in [0.2, 0.25) is 60.7 Å². The average molecular weight is 1500 g/mol. The Hall–Kier alpha value is -9.61. The largest absolute Gasteiger partial charge is 0.508 e. The Bertz CT molecular complexity index is 4200. The van der Waals surface area contributed by atoms with Gasteiger partial charge in [0.15, 0.2) is 29.7 Å². The molecule has 560 valence electrons. The lowest BCUT2D eigenvalue weighted by atomic mass is 9.72. The third kappa shape index (κ3) is 17.1. The predicted octanol–water partition coefficient (Wildman–Crippen LogP) is 0.0599. The van der Waals surface area contributed by atoms with Gasteiger partial charge in [-0.3, -0.25) is 38.4 Å². The smallest absolute Gasteiger partial charge is 0.330 e. The quantitative estimate of drug-likeness (QED) is 0.0521. The lowest BCUT2D eigenvalue weighted by molar-refractivity contribution is -0.334. The first-order chi connectivity index (χ1) is 49.7. The number of nitrogens with one attached hydrogen (secondary N) is 8. The number of carbonyl (C=O) groups is 9. The molecule has 2 fully saturated rings. The van der Waals surface area contributed by atoms with E-state index in [-0.39, 0.29) is 71.0 Å². The summed E-state index contributed by atoms with van der Waals surface area (Å²) < 4.78 is 38.7. The summed E-state index contributed by atoms with van der Waals surface area (Å²) in [7, 11) is 1.34. The Morgan fingerprint density at radius 2 is 1.40 bits per heavy atom. The van der Waals surface area contributed by atoms with Crippen LogP contribution in [0.4, 0.5) is 4.79 Å². The summed E-state index contributed by atoms with van der Waals surface area (Å²) in [5.74, 6) is -14.0. The number of aromatic hydroxyl groups is 1. The van der Waals surface area contributed by atoms with Crippen LogP contribution >= 0.6 is 23.2 Å². The molecule has 7 heterocycles. The van der Waals surface area contributed by atoms with Crippen LogP contribution in [0.5, 0.6) is 34.5 Å². The summed E-state index contributed by atoms with van der Waals surface area (Å²) in [5, 5.41) is 123. The monoisotopic (exact) mass is 1500 g/mol. The summed E-state index contributed by atoms with van der Waals surface area (Å²) in [6.07, 6.45) is -11.7. The van der Waals surface area contributed by atoms with Gasteiger partial charge in [0.1, 0.15) is 95.9 Å². The number of hydrogen-bond donors (Lipinski definition) is 18. The van der Waals surface area contributed by atoms with E-state index in [9.17, 15) is 74.7 Å². The lowest BCUT2D eigenvalue weighted by Gasteiger charge is -2.48. The molecule has 7 aliphatic heterocycles. The minimum absolute atomic E-state index is 0.0419. The van der Waals surface area contributed by atoms with E-state index in [4.69, 9.17) is 63.8 Å². The van der Waals surface area contributed by atoms with Crippen LogP contribution in [0.3, 0.4) is 0 Å². The number of amides is 8. The van der Waals surface area contributed by atoms with E-state index >= 15 is 14.4 Å². The molecule has 33 nitrogen and oxygen atoms in total. The van der Waals surface area contributed by atoms with Gasteiger partial charge in [-0.25, -0.2) is 4.79 Å². The van der Waals surface area contributed by atoms with Crippen molar-refractivity contribution in [3.8, 4) is 46.8 Å². The number of carboxylic acid groups (broad SMARTS) is 1. The molecule has 105 heavy (non-hydrogen) atoms. The number of aliphatic carboxylic acids is 1. The Morgan fingerprint density at radius 3 is 2.00 bits per heavy atom. The van der Waals surface area contributed by atoms with E-state index in [1.54, 1.807) is 0 Å². The zero-order valence-electron chi connectivity index (χ0n) is 56.8. The van der Waals surface area contributed by atoms with Crippen molar-refractivity contribution in [2.45, 2.75) is 168 Å². The number of aliphatic hydroxyl groups excluding tert-OH is 7. The second-order valence-corrected chi connectivity index (χ2v) is 27.5.